The highest BCUT2D eigenvalue weighted by Gasteiger charge is 2.31. The summed E-state index contributed by atoms with van der Waals surface area (Å²) in [5.74, 6) is 0.669. The van der Waals surface area contributed by atoms with Crippen LogP contribution in [0.2, 0.25) is 0 Å². The minimum absolute atomic E-state index is 0.168. The lowest BCUT2D eigenvalue weighted by Gasteiger charge is -2.15. The number of carbonyl (C=O) groups excluding carboxylic acids is 1. The Morgan fingerprint density at radius 1 is 0.854 bits per heavy atom. The van der Waals surface area contributed by atoms with Crippen molar-refractivity contribution in [1.29, 1.82) is 0 Å². The molecule has 1 aromatic heterocycles. The van der Waals surface area contributed by atoms with Gasteiger partial charge in [-0.05, 0) is 72.1 Å². The Bertz CT molecular complexity index is 1650. The van der Waals surface area contributed by atoms with Gasteiger partial charge in [-0.25, -0.2) is 4.98 Å². The molecule has 5 rings (SSSR count). The van der Waals surface area contributed by atoms with Crippen LogP contribution in [0.25, 0.3) is 22.4 Å². The molecule has 4 aromatic carbocycles. The number of para-hydroxylation sites is 2. The number of nitrogens with zero attached hydrogens (tertiary/aromatic N) is 2. The Hall–Kier alpha value is -4.79. The fourth-order valence-corrected chi connectivity index (χ4v) is 4.57. The van der Waals surface area contributed by atoms with Gasteiger partial charge in [0.05, 0.1) is 30.6 Å². The van der Waals surface area contributed by atoms with Gasteiger partial charge in [0.25, 0.3) is 0 Å². The van der Waals surface area contributed by atoms with Crippen LogP contribution in [0.5, 0.6) is 11.5 Å². The second kappa shape index (κ2) is 12.2. The molecule has 41 heavy (non-hydrogen) atoms. The topological polar surface area (TPSA) is 62.6 Å². The Labute approximate surface area is 234 Å². The zero-order valence-electron chi connectivity index (χ0n) is 22.2. The maximum absolute atomic E-state index is 12.7. The number of ether oxygens (including phenoxy) is 3. The Balaban J connectivity index is 1.40. The van der Waals surface area contributed by atoms with E-state index in [0.717, 1.165) is 27.7 Å². The summed E-state index contributed by atoms with van der Waals surface area (Å²) in [4.78, 5) is 16.7. The van der Waals surface area contributed by atoms with Gasteiger partial charge in [-0.15, -0.1) is 13.2 Å². The number of alkyl halides is 3. The third-order valence-corrected chi connectivity index (χ3v) is 6.39. The zero-order valence-corrected chi connectivity index (χ0v) is 22.2. The number of imidazole rings is 1. The molecule has 0 spiro atoms. The number of rotatable bonds is 10. The van der Waals surface area contributed by atoms with Gasteiger partial charge in [0.15, 0.2) is 0 Å². The molecular weight excluding hydrogens is 533 g/mol. The van der Waals surface area contributed by atoms with Crippen molar-refractivity contribution in [2.24, 2.45) is 0 Å². The maximum atomic E-state index is 12.7. The molecule has 0 saturated heterocycles. The van der Waals surface area contributed by atoms with Crippen LogP contribution in [0.15, 0.2) is 97.1 Å². The minimum Gasteiger partial charge on any atom is -0.489 e. The molecular formula is C32H27F3N2O4. The van der Waals surface area contributed by atoms with Crippen molar-refractivity contribution in [3.63, 3.8) is 0 Å². The van der Waals surface area contributed by atoms with E-state index in [1.807, 2.05) is 77.4 Å². The highest BCUT2D eigenvalue weighted by atomic mass is 19.4. The number of benzene rings is 4. The van der Waals surface area contributed by atoms with Gasteiger partial charge in [0, 0.05) is 5.56 Å². The van der Waals surface area contributed by atoms with Crippen LogP contribution in [-0.4, -0.2) is 28.5 Å². The van der Waals surface area contributed by atoms with E-state index in [1.54, 1.807) is 19.1 Å². The van der Waals surface area contributed by atoms with Crippen LogP contribution >= 0.6 is 0 Å². The lowest BCUT2D eigenvalue weighted by molar-refractivity contribution is -0.274. The van der Waals surface area contributed by atoms with E-state index >= 15 is 0 Å². The van der Waals surface area contributed by atoms with Crippen LogP contribution in [-0.2, 0) is 29.1 Å². The predicted octanol–water partition coefficient (Wildman–Crippen LogP) is 7.33. The van der Waals surface area contributed by atoms with Gasteiger partial charge in [0.2, 0.25) is 0 Å². The Morgan fingerprint density at radius 3 is 2.34 bits per heavy atom. The monoisotopic (exact) mass is 560 g/mol. The minimum atomic E-state index is -4.76. The quantitative estimate of drug-likeness (QED) is 0.167. The standard InChI is InChI=1S/C32H27F3N2O4/c1-2-39-30(38)19-22-8-7-11-27(18-22)40-21-25-10-4-3-9-24(25)20-37-29-13-6-5-12-28(29)36-31(37)23-14-16-26(17-15-23)41-32(33,34)35/h3-18H,2,19-21H2,1H3. The van der Waals surface area contributed by atoms with Crippen molar-refractivity contribution in [2.75, 3.05) is 6.61 Å². The van der Waals surface area contributed by atoms with E-state index in [9.17, 15) is 18.0 Å². The maximum Gasteiger partial charge on any atom is 0.573 e. The number of aromatic nitrogens is 2. The summed E-state index contributed by atoms with van der Waals surface area (Å²) < 4.78 is 55.2. The molecule has 0 radical (unpaired) electrons. The third-order valence-electron chi connectivity index (χ3n) is 6.39. The summed E-state index contributed by atoms with van der Waals surface area (Å²) in [6.45, 7) is 2.86. The number of esters is 1. The largest absolute Gasteiger partial charge is 0.573 e. The third kappa shape index (κ3) is 7.05. The normalized spacial score (nSPS) is 11.4. The van der Waals surface area contributed by atoms with Crippen LogP contribution in [0.1, 0.15) is 23.6 Å². The van der Waals surface area contributed by atoms with Crippen LogP contribution in [0, 0.1) is 0 Å². The number of carbonyl (C=O) groups is 1. The van der Waals surface area contributed by atoms with Gasteiger partial charge in [-0.2, -0.15) is 0 Å². The molecule has 9 heteroatoms. The fourth-order valence-electron chi connectivity index (χ4n) is 4.57. The van der Waals surface area contributed by atoms with E-state index in [-0.39, 0.29) is 18.1 Å². The first-order chi connectivity index (χ1) is 19.8. The molecule has 0 saturated carbocycles. The number of halogens is 3. The van der Waals surface area contributed by atoms with Crippen molar-refractivity contribution in [2.45, 2.75) is 32.9 Å². The van der Waals surface area contributed by atoms with Crippen molar-refractivity contribution in [3.05, 3.63) is 114 Å². The number of hydrogen-bond acceptors (Lipinski definition) is 5. The van der Waals surface area contributed by atoms with Gasteiger partial charge in [-0.1, -0.05) is 48.5 Å². The number of fused-ring (bicyclic) bond motifs is 1. The lowest BCUT2D eigenvalue weighted by Crippen LogP contribution is -2.17. The summed E-state index contributed by atoms with van der Waals surface area (Å²) in [6.07, 6.45) is -4.59. The van der Waals surface area contributed by atoms with E-state index in [4.69, 9.17) is 14.5 Å². The summed E-state index contributed by atoms with van der Waals surface area (Å²) in [5, 5.41) is 0. The molecule has 5 aromatic rings. The van der Waals surface area contributed by atoms with Gasteiger partial charge in [0.1, 0.15) is 23.9 Å². The molecule has 0 fully saturated rings. The summed E-state index contributed by atoms with van der Waals surface area (Å²) >= 11 is 0. The summed E-state index contributed by atoms with van der Waals surface area (Å²) in [7, 11) is 0. The first-order valence-corrected chi connectivity index (χ1v) is 13.0. The number of hydrogen-bond donors (Lipinski definition) is 0. The molecule has 0 aliphatic carbocycles. The first kappa shape index (κ1) is 27.8. The van der Waals surface area contributed by atoms with Crippen LogP contribution in [0.3, 0.4) is 0 Å². The average molecular weight is 561 g/mol. The van der Waals surface area contributed by atoms with E-state index in [0.29, 0.717) is 36.9 Å². The average Bonchev–Trinajstić information content (AvgIpc) is 3.31. The molecule has 210 valence electrons. The van der Waals surface area contributed by atoms with Gasteiger partial charge >= 0.3 is 12.3 Å². The van der Waals surface area contributed by atoms with Gasteiger partial charge < -0.3 is 18.8 Å². The smallest absolute Gasteiger partial charge is 0.489 e. The summed E-state index contributed by atoms with van der Waals surface area (Å²) in [5.41, 5.74) is 5.07. The van der Waals surface area contributed by atoms with Crippen molar-refractivity contribution >= 4 is 17.0 Å². The van der Waals surface area contributed by atoms with Crippen molar-refractivity contribution < 1.29 is 32.2 Å². The van der Waals surface area contributed by atoms with E-state index < -0.39 is 6.36 Å². The molecule has 0 aliphatic heterocycles. The predicted molar refractivity (Wildman–Crippen MR) is 149 cm³/mol. The molecule has 0 unspecified atom stereocenters. The summed E-state index contributed by atoms with van der Waals surface area (Å²) in [6, 6.07) is 28.6. The second-order valence-corrected chi connectivity index (χ2v) is 9.27. The lowest BCUT2D eigenvalue weighted by atomic mass is 10.1. The van der Waals surface area contributed by atoms with Crippen molar-refractivity contribution in [1.82, 2.24) is 9.55 Å². The molecule has 1 heterocycles. The molecule has 0 N–H and O–H groups in total. The Kier molecular flexibility index (Phi) is 8.24. The van der Waals surface area contributed by atoms with Crippen molar-refractivity contribution in [3.8, 4) is 22.9 Å². The highest BCUT2D eigenvalue weighted by molar-refractivity contribution is 5.81. The van der Waals surface area contributed by atoms with Gasteiger partial charge in [-0.3, -0.25) is 4.79 Å². The zero-order chi connectivity index (χ0) is 28.8. The second-order valence-electron chi connectivity index (χ2n) is 9.27. The molecule has 0 aliphatic rings. The molecule has 0 amide bonds. The fraction of sp³-hybridized carbons (Fsp3) is 0.188. The molecule has 6 nitrogen and oxygen atoms in total. The highest BCUT2D eigenvalue weighted by Crippen LogP contribution is 2.30. The SMILES string of the molecule is CCOC(=O)Cc1cccc(OCc2ccccc2Cn2c(-c3ccc(OC(F)(F)F)cc3)nc3ccccc32)c1. The van der Waals surface area contributed by atoms with Crippen LogP contribution in [0.4, 0.5) is 13.2 Å². The van der Waals surface area contributed by atoms with E-state index in [1.165, 1.54) is 12.1 Å². The Morgan fingerprint density at radius 2 is 1.59 bits per heavy atom. The molecule has 0 atom stereocenters. The van der Waals surface area contributed by atoms with E-state index in [2.05, 4.69) is 4.74 Å². The molecule has 0 bridgehead atoms. The first-order valence-electron chi connectivity index (χ1n) is 13.0. The van der Waals surface area contributed by atoms with Crippen LogP contribution < -0.4 is 9.47 Å².